The van der Waals surface area contributed by atoms with Crippen LogP contribution < -0.4 is 19.5 Å². The average molecular weight is 608 g/mol. The van der Waals surface area contributed by atoms with E-state index in [4.69, 9.17) is 28.4 Å². The van der Waals surface area contributed by atoms with Gasteiger partial charge in [0.2, 0.25) is 18.4 Å². The molecule has 2 saturated heterocycles. The molecule has 1 aromatic carbocycles. The maximum Gasteiger partial charge on any atom is 0.341 e. The highest BCUT2D eigenvalue weighted by atomic mass is 16.7. The van der Waals surface area contributed by atoms with Gasteiger partial charge in [-0.05, 0) is 39.2 Å². The summed E-state index contributed by atoms with van der Waals surface area (Å²) in [5.74, 6) is -0.229. The number of amides is 2. The van der Waals surface area contributed by atoms with Crippen molar-refractivity contribution < 1.29 is 47.6 Å². The molecule has 0 aliphatic carbocycles. The maximum absolute atomic E-state index is 13.5. The van der Waals surface area contributed by atoms with Gasteiger partial charge in [0.25, 0.3) is 5.91 Å². The molecule has 2 heterocycles. The first-order valence-electron chi connectivity index (χ1n) is 14.4. The average Bonchev–Trinajstić information content (AvgIpc) is 3.77. The number of benzene rings is 1. The second-order valence-electron chi connectivity index (χ2n) is 12.0. The topological polar surface area (TPSA) is 145 Å². The van der Waals surface area contributed by atoms with Crippen LogP contribution in [0.3, 0.4) is 0 Å². The van der Waals surface area contributed by atoms with E-state index in [2.05, 4.69) is 10.2 Å². The van der Waals surface area contributed by atoms with Crippen molar-refractivity contribution in [2.75, 3.05) is 54.3 Å². The lowest BCUT2D eigenvalue weighted by Gasteiger charge is -2.37. The zero-order valence-corrected chi connectivity index (χ0v) is 26.4. The fourth-order valence-corrected chi connectivity index (χ4v) is 4.75. The number of epoxide rings is 1. The van der Waals surface area contributed by atoms with E-state index in [1.165, 1.54) is 0 Å². The van der Waals surface area contributed by atoms with Gasteiger partial charge in [0.05, 0.1) is 26.7 Å². The van der Waals surface area contributed by atoms with Crippen LogP contribution in [-0.4, -0.2) is 106 Å². The molecule has 0 radical (unpaired) electrons. The Morgan fingerprint density at radius 3 is 2.14 bits per heavy atom. The molecule has 1 N–H and O–H groups in total. The number of rotatable bonds is 13. The molecule has 240 valence electrons. The van der Waals surface area contributed by atoms with Crippen LogP contribution in [0.4, 0.5) is 0 Å². The van der Waals surface area contributed by atoms with Crippen molar-refractivity contribution in [3.05, 3.63) is 17.7 Å². The Balaban J connectivity index is 1.52. The molecular weight excluding hydrogens is 562 g/mol. The van der Waals surface area contributed by atoms with Crippen LogP contribution in [0.25, 0.3) is 0 Å². The van der Waals surface area contributed by atoms with Crippen molar-refractivity contribution in [2.24, 2.45) is 11.3 Å². The highest BCUT2D eigenvalue weighted by Crippen LogP contribution is 2.40. The summed E-state index contributed by atoms with van der Waals surface area (Å²) >= 11 is 0. The van der Waals surface area contributed by atoms with Crippen molar-refractivity contribution in [1.82, 2.24) is 15.1 Å². The number of hydrogen-bond donors (Lipinski definition) is 1. The zero-order chi connectivity index (χ0) is 31.9. The lowest BCUT2D eigenvalue weighted by molar-refractivity contribution is -0.173. The number of piperazine rings is 1. The Hall–Kier alpha value is -3.58. The molecular formula is C30H45N3O10. The predicted molar refractivity (Wildman–Crippen MR) is 155 cm³/mol. The highest BCUT2D eigenvalue weighted by Gasteiger charge is 2.52. The molecule has 43 heavy (non-hydrogen) atoms. The van der Waals surface area contributed by atoms with Crippen LogP contribution in [0.1, 0.15) is 46.6 Å². The normalized spacial score (nSPS) is 19.3. The minimum atomic E-state index is -1.11. The molecule has 13 heteroatoms. The van der Waals surface area contributed by atoms with Crippen LogP contribution in [0.15, 0.2) is 12.1 Å². The van der Waals surface area contributed by atoms with E-state index >= 15 is 0 Å². The summed E-state index contributed by atoms with van der Waals surface area (Å²) in [6, 6.07) is 3.01. The van der Waals surface area contributed by atoms with Crippen LogP contribution in [-0.2, 0) is 39.9 Å². The Morgan fingerprint density at radius 2 is 1.58 bits per heavy atom. The number of ether oxygens (including phenoxy) is 6. The molecule has 2 aliphatic rings. The summed E-state index contributed by atoms with van der Waals surface area (Å²) in [5, 5.41) is 2.77. The minimum absolute atomic E-state index is 0.131. The maximum atomic E-state index is 13.5. The second-order valence-corrected chi connectivity index (χ2v) is 12.0. The smallest absolute Gasteiger partial charge is 0.341 e. The third kappa shape index (κ3) is 8.96. The molecule has 13 nitrogen and oxygen atoms in total. The molecule has 2 amide bonds. The van der Waals surface area contributed by atoms with Gasteiger partial charge < -0.3 is 38.6 Å². The van der Waals surface area contributed by atoms with Crippen LogP contribution >= 0.6 is 0 Å². The summed E-state index contributed by atoms with van der Waals surface area (Å²) in [4.78, 5) is 54.4. The molecule has 3 atom stereocenters. The van der Waals surface area contributed by atoms with Gasteiger partial charge >= 0.3 is 11.9 Å². The van der Waals surface area contributed by atoms with E-state index in [0.29, 0.717) is 56.4 Å². The van der Waals surface area contributed by atoms with Crippen molar-refractivity contribution in [1.29, 1.82) is 0 Å². The van der Waals surface area contributed by atoms with E-state index in [0.717, 1.165) is 5.56 Å². The van der Waals surface area contributed by atoms with Crippen LogP contribution in [0, 0.1) is 11.3 Å². The van der Waals surface area contributed by atoms with Gasteiger partial charge in [-0.3, -0.25) is 19.3 Å². The Labute approximate surface area is 253 Å². The molecule has 2 aliphatic heterocycles. The van der Waals surface area contributed by atoms with E-state index in [-0.39, 0.29) is 11.8 Å². The van der Waals surface area contributed by atoms with E-state index in [1.54, 1.807) is 47.0 Å². The molecule has 3 rings (SSSR count). The number of nitrogens with zero attached hydrogens (tertiary/aromatic N) is 2. The van der Waals surface area contributed by atoms with Gasteiger partial charge in [-0.2, -0.15) is 0 Å². The van der Waals surface area contributed by atoms with E-state index < -0.39 is 48.3 Å². The summed E-state index contributed by atoms with van der Waals surface area (Å²) in [7, 11) is 4.72. The quantitative estimate of drug-likeness (QED) is 0.199. The van der Waals surface area contributed by atoms with Crippen molar-refractivity contribution in [2.45, 2.75) is 65.8 Å². The SMILES string of the molecule is COc1ccc(CN2CCN(C(=O)[C@H](CC(C)C)NC(=O)[C@@H]3O[C@H]3C(=O)OCOC(=O)C(C)(C)C)CC2)c(OC)c1OC. The Morgan fingerprint density at radius 1 is 0.930 bits per heavy atom. The summed E-state index contributed by atoms with van der Waals surface area (Å²) in [5.41, 5.74) is 0.197. The van der Waals surface area contributed by atoms with Gasteiger partial charge in [0, 0.05) is 38.3 Å². The molecule has 0 spiro atoms. The first-order valence-corrected chi connectivity index (χ1v) is 14.4. The standard InChI is InChI=1S/C30H45N3O10/c1-18(2)15-20(31-26(34)24-25(43-24)28(36)41-17-42-29(37)30(3,4)5)27(35)33-13-11-32(12-14-33)16-19-9-10-21(38-6)23(40-8)22(19)39-7/h9-10,18,20,24-25H,11-17H2,1-8H3,(H,31,34)/t20-,24+,25+/m0/s1. The zero-order valence-electron chi connectivity index (χ0n) is 26.4. The Kier molecular flexibility index (Phi) is 11.6. The van der Waals surface area contributed by atoms with Gasteiger partial charge in [-0.1, -0.05) is 19.9 Å². The van der Waals surface area contributed by atoms with Crippen molar-refractivity contribution >= 4 is 23.8 Å². The van der Waals surface area contributed by atoms with E-state index in [1.807, 2.05) is 26.0 Å². The highest BCUT2D eigenvalue weighted by molar-refractivity contribution is 5.95. The molecule has 2 fully saturated rings. The van der Waals surface area contributed by atoms with Gasteiger partial charge in [-0.15, -0.1) is 0 Å². The lowest BCUT2D eigenvalue weighted by Crippen LogP contribution is -2.55. The number of methoxy groups -OCH3 is 3. The second kappa shape index (κ2) is 14.7. The van der Waals surface area contributed by atoms with Crippen LogP contribution in [0.2, 0.25) is 0 Å². The van der Waals surface area contributed by atoms with Gasteiger partial charge in [0.15, 0.2) is 23.7 Å². The van der Waals surface area contributed by atoms with Crippen molar-refractivity contribution in [3.63, 3.8) is 0 Å². The number of nitrogens with one attached hydrogen (secondary N) is 1. The Bertz CT molecular complexity index is 1160. The first kappa shape index (κ1) is 33.9. The molecule has 0 aromatic heterocycles. The van der Waals surface area contributed by atoms with Gasteiger partial charge in [-0.25, -0.2) is 4.79 Å². The number of hydrogen-bond acceptors (Lipinski definition) is 11. The van der Waals surface area contributed by atoms with Gasteiger partial charge in [0.1, 0.15) is 6.04 Å². The fraction of sp³-hybridized carbons (Fsp3) is 0.667. The van der Waals surface area contributed by atoms with E-state index in [9.17, 15) is 19.2 Å². The third-order valence-corrected chi connectivity index (χ3v) is 7.17. The van der Waals surface area contributed by atoms with Crippen LogP contribution in [0.5, 0.6) is 17.2 Å². The molecule has 0 saturated carbocycles. The molecule has 0 bridgehead atoms. The number of carbonyl (C=O) groups is 4. The monoisotopic (exact) mass is 607 g/mol. The number of carbonyl (C=O) groups excluding carboxylic acids is 4. The summed E-state index contributed by atoms with van der Waals surface area (Å²) < 4.78 is 31.6. The minimum Gasteiger partial charge on any atom is -0.493 e. The third-order valence-electron chi connectivity index (χ3n) is 7.17. The summed E-state index contributed by atoms with van der Waals surface area (Å²) in [6.45, 7) is 11.2. The van der Waals surface area contributed by atoms with Crippen molar-refractivity contribution in [3.8, 4) is 17.2 Å². The first-order chi connectivity index (χ1) is 20.3. The summed E-state index contributed by atoms with van der Waals surface area (Å²) in [6.07, 6.45) is -1.75. The lowest BCUT2D eigenvalue weighted by atomic mass is 9.98. The predicted octanol–water partition coefficient (Wildman–Crippen LogP) is 1.74. The number of esters is 2. The molecule has 1 aromatic rings. The largest absolute Gasteiger partial charge is 0.493 e. The fourth-order valence-electron chi connectivity index (χ4n) is 4.75. The molecule has 0 unspecified atom stereocenters.